The highest BCUT2D eigenvalue weighted by Gasteiger charge is 2.22. The van der Waals surface area contributed by atoms with Crippen molar-refractivity contribution in [2.75, 3.05) is 0 Å². The molecule has 0 fully saturated rings. The highest BCUT2D eigenvalue weighted by atomic mass is 16.5. The highest BCUT2D eigenvalue weighted by molar-refractivity contribution is 5.76. The fourth-order valence-corrected chi connectivity index (χ4v) is 2.19. The Bertz CT molecular complexity index is 312. The van der Waals surface area contributed by atoms with Crippen molar-refractivity contribution < 1.29 is 9.53 Å². The lowest BCUT2D eigenvalue weighted by Gasteiger charge is -2.12. The molecule has 0 saturated carbocycles. The van der Waals surface area contributed by atoms with E-state index in [1.54, 1.807) is 0 Å². The molecule has 2 heteroatoms. The molecule has 0 aromatic rings. The largest absolute Gasteiger partial charge is 0.431 e. The van der Waals surface area contributed by atoms with E-state index in [2.05, 4.69) is 6.08 Å². The molecule has 2 nitrogen and oxygen atoms in total. The van der Waals surface area contributed by atoms with Crippen molar-refractivity contribution >= 4 is 5.97 Å². The Kier molecular flexibility index (Phi) is 3.24. The Morgan fingerprint density at radius 1 is 1.27 bits per heavy atom. The normalized spacial score (nSPS) is 22.2. The highest BCUT2D eigenvalue weighted by Crippen LogP contribution is 2.27. The van der Waals surface area contributed by atoms with E-state index in [4.69, 9.17) is 4.74 Å². The summed E-state index contributed by atoms with van der Waals surface area (Å²) < 4.78 is 5.37. The van der Waals surface area contributed by atoms with Gasteiger partial charge in [0.05, 0.1) is 5.92 Å². The second kappa shape index (κ2) is 4.65. The summed E-state index contributed by atoms with van der Waals surface area (Å²) in [6, 6.07) is 0. The fraction of sp³-hybridized carbons (Fsp3) is 0.615. The minimum absolute atomic E-state index is 0.0472. The topological polar surface area (TPSA) is 26.3 Å². The first-order valence-corrected chi connectivity index (χ1v) is 5.87. The third-order valence-electron chi connectivity index (χ3n) is 3.22. The summed E-state index contributed by atoms with van der Waals surface area (Å²) in [5.74, 6) is 0.760. The Labute approximate surface area is 91.0 Å². The van der Waals surface area contributed by atoms with Crippen molar-refractivity contribution in [3.05, 3.63) is 23.5 Å². The number of ether oxygens (including phenoxy) is 1. The van der Waals surface area contributed by atoms with Gasteiger partial charge >= 0.3 is 5.97 Å². The number of rotatable bonds is 3. The first kappa shape index (κ1) is 10.5. The Hall–Kier alpha value is -1.05. The molecule has 82 valence electrons. The maximum Gasteiger partial charge on any atom is 0.317 e. The molecule has 0 aromatic heterocycles. The third-order valence-corrected chi connectivity index (χ3v) is 3.22. The zero-order valence-electron chi connectivity index (χ0n) is 9.29. The zero-order chi connectivity index (χ0) is 10.7. The van der Waals surface area contributed by atoms with Crippen LogP contribution in [0, 0.1) is 5.92 Å². The number of hydrogen-bond donors (Lipinski definition) is 0. The van der Waals surface area contributed by atoms with Crippen LogP contribution in [0.4, 0.5) is 0 Å². The summed E-state index contributed by atoms with van der Waals surface area (Å²) in [5, 5.41) is 0. The van der Waals surface area contributed by atoms with E-state index in [0.29, 0.717) is 0 Å². The number of esters is 1. The summed E-state index contributed by atoms with van der Waals surface area (Å²) in [5.41, 5.74) is 1.26. The SMILES string of the molecule is C[C@@H](C(=O)OC1=CCCC1)C1=CCCC1. The molecular formula is C13H18O2. The summed E-state index contributed by atoms with van der Waals surface area (Å²) >= 11 is 0. The second-order valence-corrected chi connectivity index (χ2v) is 4.38. The maximum atomic E-state index is 11.8. The van der Waals surface area contributed by atoms with Gasteiger partial charge < -0.3 is 4.74 Å². The fourth-order valence-electron chi connectivity index (χ4n) is 2.19. The molecule has 0 radical (unpaired) electrons. The van der Waals surface area contributed by atoms with E-state index >= 15 is 0 Å². The van der Waals surface area contributed by atoms with Gasteiger partial charge in [-0.3, -0.25) is 4.79 Å². The Morgan fingerprint density at radius 2 is 2.00 bits per heavy atom. The standard InChI is InChI=1S/C13H18O2/c1-10(11-6-2-3-7-11)13(14)15-12-8-4-5-9-12/h6,8,10H,2-5,7,9H2,1H3/t10-/m1/s1. The van der Waals surface area contributed by atoms with E-state index in [9.17, 15) is 4.79 Å². The van der Waals surface area contributed by atoms with E-state index in [1.807, 2.05) is 13.0 Å². The van der Waals surface area contributed by atoms with Gasteiger partial charge in [0.1, 0.15) is 5.76 Å². The van der Waals surface area contributed by atoms with Gasteiger partial charge in [0.2, 0.25) is 0 Å². The number of hydrogen-bond acceptors (Lipinski definition) is 2. The predicted octanol–water partition coefficient (Wildman–Crippen LogP) is 3.34. The smallest absolute Gasteiger partial charge is 0.317 e. The van der Waals surface area contributed by atoms with Gasteiger partial charge in [-0.25, -0.2) is 0 Å². The minimum Gasteiger partial charge on any atom is -0.431 e. The molecule has 0 aliphatic heterocycles. The molecule has 0 unspecified atom stereocenters. The summed E-state index contributed by atoms with van der Waals surface area (Å²) in [4.78, 5) is 11.8. The molecular weight excluding hydrogens is 188 g/mol. The first-order valence-electron chi connectivity index (χ1n) is 5.87. The molecule has 0 amide bonds. The summed E-state index contributed by atoms with van der Waals surface area (Å²) in [7, 11) is 0. The van der Waals surface area contributed by atoms with Crippen LogP contribution in [0.3, 0.4) is 0 Å². The number of allylic oxidation sites excluding steroid dienone is 3. The lowest BCUT2D eigenvalue weighted by atomic mass is 10.0. The van der Waals surface area contributed by atoms with Crippen molar-refractivity contribution in [1.82, 2.24) is 0 Å². The molecule has 0 bridgehead atoms. The van der Waals surface area contributed by atoms with E-state index in [0.717, 1.165) is 37.9 Å². The van der Waals surface area contributed by atoms with Crippen molar-refractivity contribution in [3.63, 3.8) is 0 Å². The van der Waals surface area contributed by atoms with Gasteiger partial charge in [0.25, 0.3) is 0 Å². The second-order valence-electron chi connectivity index (χ2n) is 4.38. The number of carbonyl (C=O) groups is 1. The van der Waals surface area contributed by atoms with Crippen LogP contribution in [0.15, 0.2) is 23.5 Å². The molecule has 0 saturated heterocycles. The lowest BCUT2D eigenvalue weighted by Crippen LogP contribution is -2.15. The van der Waals surface area contributed by atoms with Gasteiger partial charge in [-0.05, 0) is 45.1 Å². The van der Waals surface area contributed by atoms with Gasteiger partial charge in [0, 0.05) is 6.42 Å². The molecule has 2 aliphatic rings. The average Bonchev–Trinajstić information content (AvgIpc) is 2.88. The van der Waals surface area contributed by atoms with Crippen molar-refractivity contribution in [1.29, 1.82) is 0 Å². The molecule has 15 heavy (non-hydrogen) atoms. The van der Waals surface area contributed by atoms with Gasteiger partial charge in [0.15, 0.2) is 0 Å². The van der Waals surface area contributed by atoms with Gasteiger partial charge in [-0.1, -0.05) is 11.6 Å². The van der Waals surface area contributed by atoms with Gasteiger partial charge in [-0.15, -0.1) is 0 Å². The Balaban J connectivity index is 1.89. The van der Waals surface area contributed by atoms with E-state index < -0.39 is 0 Å². The quantitative estimate of drug-likeness (QED) is 0.523. The van der Waals surface area contributed by atoms with Crippen molar-refractivity contribution in [2.45, 2.75) is 45.4 Å². The number of carbonyl (C=O) groups excluding carboxylic acids is 1. The molecule has 0 N–H and O–H groups in total. The zero-order valence-corrected chi connectivity index (χ0v) is 9.29. The molecule has 0 heterocycles. The van der Waals surface area contributed by atoms with Crippen LogP contribution < -0.4 is 0 Å². The van der Waals surface area contributed by atoms with Crippen LogP contribution in [0.2, 0.25) is 0 Å². The van der Waals surface area contributed by atoms with Gasteiger partial charge in [-0.2, -0.15) is 0 Å². The summed E-state index contributed by atoms with van der Waals surface area (Å²) in [6.45, 7) is 1.95. The Morgan fingerprint density at radius 3 is 2.60 bits per heavy atom. The minimum atomic E-state index is -0.0729. The van der Waals surface area contributed by atoms with E-state index in [1.165, 1.54) is 12.0 Å². The van der Waals surface area contributed by atoms with Crippen LogP contribution in [-0.4, -0.2) is 5.97 Å². The lowest BCUT2D eigenvalue weighted by molar-refractivity contribution is -0.142. The molecule has 1 atom stereocenters. The first-order chi connectivity index (χ1) is 7.27. The molecule has 0 spiro atoms. The molecule has 0 aromatic carbocycles. The van der Waals surface area contributed by atoms with Crippen LogP contribution in [0.25, 0.3) is 0 Å². The van der Waals surface area contributed by atoms with Crippen molar-refractivity contribution in [2.24, 2.45) is 5.92 Å². The van der Waals surface area contributed by atoms with E-state index in [-0.39, 0.29) is 11.9 Å². The summed E-state index contributed by atoms with van der Waals surface area (Å²) in [6.07, 6.45) is 10.7. The van der Waals surface area contributed by atoms with Crippen molar-refractivity contribution in [3.8, 4) is 0 Å². The van der Waals surface area contributed by atoms with Crippen LogP contribution >= 0.6 is 0 Å². The van der Waals surface area contributed by atoms with Crippen LogP contribution in [0.5, 0.6) is 0 Å². The molecule has 2 rings (SSSR count). The maximum absolute atomic E-state index is 11.8. The van der Waals surface area contributed by atoms with Crippen LogP contribution in [0.1, 0.15) is 45.4 Å². The predicted molar refractivity (Wildman–Crippen MR) is 59.1 cm³/mol. The monoisotopic (exact) mass is 206 g/mol. The average molecular weight is 206 g/mol. The third kappa shape index (κ3) is 2.49. The molecule has 2 aliphatic carbocycles. The van der Waals surface area contributed by atoms with Crippen LogP contribution in [-0.2, 0) is 9.53 Å².